The van der Waals surface area contributed by atoms with E-state index >= 15 is 0 Å². The average molecular weight is 490 g/mol. The number of nitrogens with one attached hydrogen (secondary N) is 1. The molecule has 1 saturated heterocycles. The summed E-state index contributed by atoms with van der Waals surface area (Å²) in [5, 5.41) is 3.48. The van der Waals surface area contributed by atoms with Gasteiger partial charge in [0.2, 0.25) is 21.8 Å². The standard InChI is InChI=1S/C24H28ClN3O4S/c1-16-3-4-20(15-22(16)25)26-24(30)13-18-7-10-27(11-8-18)33(31,32)21-5-6-23-19(14-21)9-12-28(23)17(2)29/h3-6,14-15,18H,7-13H2,1-2H3,(H,26,30). The largest absolute Gasteiger partial charge is 0.326 e. The van der Waals surface area contributed by atoms with Crippen molar-refractivity contribution < 1.29 is 18.0 Å². The van der Waals surface area contributed by atoms with Gasteiger partial charge >= 0.3 is 0 Å². The third-order valence-corrected chi connectivity index (χ3v) is 8.77. The second-order valence-electron chi connectivity index (χ2n) is 8.77. The topological polar surface area (TPSA) is 86.8 Å². The molecule has 2 aliphatic heterocycles. The number of rotatable bonds is 5. The number of hydrogen-bond donors (Lipinski definition) is 1. The number of carbonyl (C=O) groups is 2. The number of benzene rings is 2. The molecule has 4 rings (SSSR count). The lowest BCUT2D eigenvalue weighted by atomic mass is 9.94. The van der Waals surface area contributed by atoms with Crippen molar-refractivity contribution in [3.63, 3.8) is 0 Å². The fraction of sp³-hybridized carbons (Fsp3) is 0.417. The van der Waals surface area contributed by atoms with Gasteiger partial charge in [0.1, 0.15) is 0 Å². The highest BCUT2D eigenvalue weighted by atomic mass is 35.5. The van der Waals surface area contributed by atoms with E-state index in [1.807, 2.05) is 19.1 Å². The first-order valence-corrected chi connectivity index (χ1v) is 12.9. The molecule has 1 N–H and O–H groups in total. The molecule has 0 saturated carbocycles. The average Bonchev–Trinajstić information content (AvgIpc) is 3.20. The van der Waals surface area contributed by atoms with Crippen molar-refractivity contribution in [3.05, 3.63) is 52.5 Å². The Bertz CT molecular complexity index is 1190. The second kappa shape index (κ2) is 9.44. The Morgan fingerprint density at radius 3 is 2.48 bits per heavy atom. The lowest BCUT2D eigenvalue weighted by molar-refractivity contribution is -0.117. The van der Waals surface area contributed by atoms with Gasteiger partial charge in [-0.05, 0) is 73.6 Å². The van der Waals surface area contributed by atoms with Gasteiger partial charge in [0, 0.05) is 49.4 Å². The quantitative estimate of drug-likeness (QED) is 0.688. The van der Waals surface area contributed by atoms with Crippen LogP contribution in [0.25, 0.3) is 0 Å². The van der Waals surface area contributed by atoms with Gasteiger partial charge in [0.15, 0.2) is 0 Å². The van der Waals surface area contributed by atoms with Crippen molar-refractivity contribution in [1.82, 2.24) is 4.31 Å². The Labute approximate surface area is 199 Å². The molecular weight excluding hydrogens is 462 g/mol. The Balaban J connectivity index is 1.35. The molecule has 176 valence electrons. The zero-order chi connectivity index (χ0) is 23.8. The van der Waals surface area contributed by atoms with E-state index < -0.39 is 10.0 Å². The van der Waals surface area contributed by atoms with Crippen molar-refractivity contribution in [1.29, 1.82) is 0 Å². The van der Waals surface area contributed by atoms with Crippen LogP contribution in [0, 0.1) is 12.8 Å². The number of anilines is 2. The highest BCUT2D eigenvalue weighted by Gasteiger charge is 2.32. The molecule has 0 atom stereocenters. The van der Waals surface area contributed by atoms with Crippen LogP contribution in [0.2, 0.25) is 5.02 Å². The minimum Gasteiger partial charge on any atom is -0.326 e. The highest BCUT2D eigenvalue weighted by molar-refractivity contribution is 7.89. The molecule has 0 bridgehead atoms. The Morgan fingerprint density at radius 1 is 1.09 bits per heavy atom. The number of nitrogens with zero attached hydrogens (tertiary/aromatic N) is 2. The fourth-order valence-corrected chi connectivity index (χ4v) is 6.21. The Morgan fingerprint density at radius 2 is 1.82 bits per heavy atom. The molecule has 2 amide bonds. The smallest absolute Gasteiger partial charge is 0.243 e. The molecule has 0 aromatic heterocycles. The molecule has 9 heteroatoms. The normalized spacial score (nSPS) is 17.1. The summed E-state index contributed by atoms with van der Waals surface area (Å²) in [5.41, 5.74) is 3.29. The summed E-state index contributed by atoms with van der Waals surface area (Å²) >= 11 is 6.12. The number of halogens is 1. The van der Waals surface area contributed by atoms with Gasteiger partial charge in [0.25, 0.3) is 0 Å². The number of aryl methyl sites for hydroxylation is 1. The van der Waals surface area contributed by atoms with E-state index in [1.54, 1.807) is 29.2 Å². The molecule has 2 aliphatic rings. The van der Waals surface area contributed by atoms with Gasteiger partial charge in [0.05, 0.1) is 4.90 Å². The van der Waals surface area contributed by atoms with Gasteiger partial charge in [-0.1, -0.05) is 17.7 Å². The van der Waals surface area contributed by atoms with Crippen LogP contribution in [0.1, 0.15) is 37.3 Å². The Hall–Kier alpha value is -2.42. The molecule has 0 radical (unpaired) electrons. The van der Waals surface area contributed by atoms with E-state index in [0.29, 0.717) is 56.0 Å². The van der Waals surface area contributed by atoms with E-state index in [2.05, 4.69) is 5.32 Å². The number of hydrogen-bond acceptors (Lipinski definition) is 4. The predicted molar refractivity (Wildman–Crippen MR) is 129 cm³/mol. The van der Waals surface area contributed by atoms with Crippen LogP contribution in [0.3, 0.4) is 0 Å². The van der Waals surface area contributed by atoms with Gasteiger partial charge < -0.3 is 10.2 Å². The van der Waals surface area contributed by atoms with Crippen LogP contribution in [0.5, 0.6) is 0 Å². The monoisotopic (exact) mass is 489 g/mol. The summed E-state index contributed by atoms with van der Waals surface area (Å²) in [4.78, 5) is 26.1. The summed E-state index contributed by atoms with van der Waals surface area (Å²) in [6.07, 6.45) is 2.26. The zero-order valence-electron chi connectivity index (χ0n) is 18.8. The van der Waals surface area contributed by atoms with Crippen LogP contribution in [0.4, 0.5) is 11.4 Å². The van der Waals surface area contributed by atoms with Crippen molar-refractivity contribution >= 4 is 44.8 Å². The van der Waals surface area contributed by atoms with Crippen LogP contribution in [0.15, 0.2) is 41.3 Å². The number of piperidine rings is 1. The summed E-state index contributed by atoms with van der Waals surface area (Å²) < 4.78 is 27.9. The third-order valence-electron chi connectivity index (χ3n) is 6.47. The number of amides is 2. The maximum absolute atomic E-state index is 13.2. The van der Waals surface area contributed by atoms with Crippen molar-refractivity contribution in [3.8, 4) is 0 Å². The van der Waals surface area contributed by atoms with Crippen LogP contribution in [-0.2, 0) is 26.0 Å². The van der Waals surface area contributed by atoms with Gasteiger partial charge in [-0.2, -0.15) is 4.31 Å². The van der Waals surface area contributed by atoms with Crippen molar-refractivity contribution in [2.75, 3.05) is 29.9 Å². The number of carbonyl (C=O) groups excluding carboxylic acids is 2. The molecule has 1 fully saturated rings. The molecule has 0 spiro atoms. The number of fused-ring (bicyclic) bond motifs is 1. The molecule has 0 aliphatic carbocycles. The Kier molecular flexibility index (Phi) is 6.79. The molecule has 2 heterocycles. The second-order valence-corrected chi connectivity index (χ2v) is 11.1. The van der Waals surface area contributed by atoms with Crippen LogP contribution in [-0.4, -0.2) is 44.2 Å². The maximum Gasteiger partial charge on any atom is 0.243 e. The third kappa shape index (κ3) is 5.08. The predicted octanol–water partition coefficient (Wildman–Crippen LogP) is 3.99. The molecule has 2 aromatic rings. The van der Waals surface area contributed by atoms with E-state index in [1.165, 1.54) is 11.2 Å². The van der Waals surface area contributed by atoms with E-state index in [4.69, 9.17) is 11.6 Å². The summed E-state index contributed by atoms with van der Waals surface area (Å²) in [5.74, 6) is -0.00710. The molecule has 0 unspecified atom stereocenters. The highest BCUT2D eigenvalue weighted by Crippen LogP contribution is 2.32. The minimum absolute atomic E-state index is 0.0408. The maximum atomic E-state index is 13.2. The lowest BCUT2D eigenvalue weighted by Gasteiger charge is -2.31. The van der Waals surface area contributed by atoms with Crippen molar-refractivity contribution in [2.45, 2.75) is 44.4 Å². The molecule has 7 nitrogen and oxygen atoms in total. The van der Waals surface area contributed by atoms with Gasteiger partial charge in [-0.15, -0.1) is 0 Å². The lowest BCUT2D eigenvalue weighted by Crippen LogP contribution is -2.39. The van der Waals surface area contributed by atoms with E-state index in [-0.39, 0.29) is 22.6 Å². The SMILES string of the molecule is CC(=O)N1CCc2cc(S(=O)(=O)N3CCC(CC(=O)Nc4ccc(C)c(Cl)c4)CC3)ccc21. The first-order valence-electron chi connectivity index (χ1n) is 11.1. The summed E-state index contributed by atoms with van der Waals surface area (Å²) in [6.45, 7) is 4.76. The van der Waals surface area contributed by atoms with E-state index in [9.17, 15) is 18.0 Å². The van der Waals surface area contributed by atoms with E-state index in [0.717, 1.165) is 16.8 Å². The summed E-state index contributed by atoms with van der Waals surface area (Å²) in [7, 11) is -3.62. The fourth-order valence-electron chi connectivity index (χ4n) is 4.51. The van der Waals surface area contributed by atoms with Crippen LogP contribution < -0.4 is 10.2 Å². The molecular formula is C24H28ClN3O4S. The first kappa shape index (κ1) is 23.7. The minimum atomic E-state index is -3.62. The van der Waals surface area contributed by atoms with Crippen molar-refractivity contribution in [2.24, 2.45) is 5.92 Å². The van der Waals surface area contributed by atoms with Crippen LogP contribution >= 0.6 is 11.6 Å². The zero-order valence-corrected chi connectivity index (χ0v) is 20.4. The van der Waals surface area contributed by atoms with Gasteiger partial charge in [-0.25, -0.2) is 8.42 Å². The van der Waals surface area contributed by atoms with Gasteiger partial charge in [-0.3, -0.25) is 9.59 Å². The molecule has 2 aromatic carbocycles. The molecule has 33 heavy (non-hydrogen) atoms. The summed E-state index contributed by atoms with van der Waals surface area (Å²) in [6, 6.07) is 10.4. The first-order chi connectivity index (χ1) is 15.6. The number of sulfonamides is 1.